The molecule has 1 saturated heterocycles. The maximum atomic E-state index is 11.8. The molecule has 0 aliphatic carbocycles. The van der Waals surface area contributed by atoms with Crippen molar-refractivity contribution in [3.8, 4) is 0 Å². The average Bonchev–Trinajstić information content (AvgIpc) is 2.48. The van der Waals surface area contributed by atoms with Gasteiger partial charge in [-0.05, 0) is 18.1 Å². The highest BCUT2D eigenvalue weighted by atomic mass is 35.5. The fourth-order valence-corrected chi connectivity index (χ4v) is 1.97. The second-order valence-corrected chi connectivity index (χ2v) is 5.26. The Morgan fingerprint density at radius 3 is 2.45 bits per heavy atom. The van der Waals surface area contributed by atoms with E-state index in [4.69, 9.17) is 10.5 Å². The number of pyridine rings is 1. The zero-order valence-corrected chi connectivity index (χ0v) is 14.5. The fraction of sp³-hybridized carbons (Fsp3) is 0.571. The number of halogens is 2. The summed E-state index contributed by atoms with van der Waals surface area (Å²) in [5.41, 5.74) is 6.47. The smallest absolute Gasteiger partial charge is 0.241 e. The molecule has 2 rings (SSSR count). The first-order valence-corrected chi connectivity index (χ1v) is 6.93. The molecule has 0 spiro atoms. The van der Waals surface area contributed by atoms with Crippen LogP contribution in [0, 0.1) is 5.92 Å². The van der Waals surface area contributed by atoms with Crippen molar-refractivity contribution in [2.24, 2.45) is 11.7 Å². The van der Waals surface area contributed by atoms with E-state index in [0.717, 1.165) is 32.1 Å². The van der Waals surface area contributed by atoms with Crippen molar-refractivity contribution in [1.29, 1.82) is 0 Å². The average molecular weight is 351 g/mol. The molecule has 2 heterocycles. The van der Waals surface area contributed by atoms with Crippen molar-refractivity contribution in [1.82, 2.24) is 4.98 Å². The SMILES string of the molecule is CC(C)[C@H](N)C(=O)Nc1ccc(N2CCOCC2)nc1.Cl.Cl. The van der Waals surface area contributed by atoms with Gasteiger partial charge in [0, 0.05) is 13.1 Å². The molecule has 126 valence electrons. The molecule has 1 aromatic rings. The van der Waals surface area contributed by atoms with Crippen molar-refractivity contribution in [3.63, 3.8) is 0 Å². The molecule has 1 amide bonds. The van der Waals surface area contributed by atoms with Gasteiger partial charge in [0.15, 0.2) is 0 Å². The minimum atomic E-state index is -0.506. The van der Waals surface area contributed by atoms with Gasteiger partial charge in [0.1, 0.15) is 5.82 Å². The molecule has 8 heteroatoms. The summed E-state index contributed by atoms with van der Waals surface area (Å²) in [4.78, 5) is 18.4. The highest BCUT2D eigenvalue weighted by Crippen LogP contribution is 2.15. The standard InChI is InChI=1S/C14H22N4O2.2ClH/c1-10(2)13(15)14(19)17-11-3-4-12(16-9-11)18-5-7-20-8-6-18;;/h3-4,9-10,13H,5-8,15H2,1-2H3,(H,17,19);2*1H/t13-;;/m0../s1. The van der Waals surface area contributed by atoms with Gasteiger partial charge in [-0.15, -0.1) is 24.8 Å². The number of nitrogens with two attached hydrogens (primary N) is 1. The van der Waals surface area contributed by atoms with Crippen LogP contribution in [0.4, 0.5) is 11.5 Å². The number of amides is 1. The summed E-state index contributed by atoms with van der Waals surface area (Å²) < 4.78 is 5.31. The topological polar surface area (TPSA) is 80.5 Å². The van der Waals surface area contributed by atoms with E-state index in [1.165, 1.54) is 0 Å². The molecule has 0 aromatic carbocycles. The highest BCUT2D eigenvalue weighted by Gasteiger charge is 2.17. The zero-order valence-electron chi connectivity index (χ0n) is 12.8. The van der Waals surface area contributed by atoms with Crippen LogP contribution in [0.25, 0.3) is 0 Å². The molecular weight excluding hydrogens is 327 g/mol. The number of nitrogens with zero attached hydrogens (tertiary/aromatic N) is 2. The lowest BCUT2D eigenvalue weighted by atomic mass is 10.1. The van der Waals surface area contributed by atoms with Crippen LogP contribution in [0.5, 0.6) is 0 Å². The van der Waals surface area contributed by atoms with E-state index in [9.17, 15) is 4.79 Å². The van der Waals surface area contributed by atoms with Gasteiger partial charge < -0.3 is 20.7 Å². The van der Waals surface area contributed by atoms with E-state index in [1.807, 2.05) is 26.0 Å². The summed E-state index contributed by atoms with van der Waals surface area (Å²) in [5, 5.41) is 2.78. The van der Waals surface area contributed by atoms with Gasteiger partial charge in [-0.1, -0.05) is 13.8 Å². The third-order valence-electron chi connectivity index (χ3n) is 3.37. The maximum absolute atomic E-state index is 11.8. The van der Waals surface area contributed by atoms with E-state index in [-0.39, 0.29) is 36.6 Å². The van der Waals surface area contributed by atoms with Gasteiger partial charge >= 0.3 is 0 Å². The second-order valence-electron chi connectivity index (χ2n) is 5.26. The second kappa shape index (κ2) is 9.84. The summed E-state index contributed by atoms with van der Waals surface area (Å²) in [7, 11) is 0. The largest absolute Gasteiger partial charge is 0.378 e. The molecule has 0 unspecified atom stereocenters. The number of anilines is 2. The van der Waals surface area contributed by atoms with Crippen LogP contribution in [0.1, 0.15) is 13.8 Å². The first-order chi connectivity index (χ1) is 9.58. The van der Waals surface area contributed by atoms with Crippen LogP contribution in [0.2, 0.25) is 0 Å². The molecule has 22 heavy (non-hydrogen) atoms. The number of nitrogens with one attached hydrogen (secondary N) is 1. The summed E-state index contributed by atoms with van der Waals surface area (Å²) in [6.07, 6.45) is 1.66. The fourth-order valence-electron chi connectivity index (χ4n) is 1.97. The molecule has 1 aliphatic heterocycles. The van der Waals surface area contributed by atoms with Crippen LogP contribution < -0.4 is 16.0 Å². The first-order valence-electron chi connectivity index (χ1n) is 6.93. The number of hydrogen-bond donors (Lipinski definition) is 2. The molecule has 1 atom stereocenters. The number of aromatic nitrogens is 1. The lowest BCUT2D eigenvalue weighted by Gasteiger charge is -2.27. The molecule has 0 saturated carbocycles. The molecule has 1 aliphatic rings. The minimum absolute atomic E-state index is 0. The Kier molecular flexibility index (Phi) is 9.36. The lowest BCUT2D eigenvalue weighted by Crippen LogP contribution is -2.39. The Balaban J connectivity index is 0.00000220. The number of ether oxygens (including phenoxy) is 1. The maximum Gasteiger partial charge on any atom is 0.241 e. The van der Waals surface area contributed by atoms with Crippen LogP contribution in [-0.4, -0.2) is 43.2 Å². The van der Waals surface area contributed by atoms with Crippen LogP contribution in [0.15, 0.2) is 18.3 Å². The normalized spacial score (nSPS) is 15.5. The number of carbonyl (C=O) groups excluding carboxylic acids is 1. The van der Waals surface area contributed by atoms with Crippen LogP contribution in [-0.2, 0) is 9.53 Å². The number of hydrogen-bond acceptors (Lipinski definition) is 5. The minimum Gasteiger partial charge on any atom is -0.378 e. The van der Waals surface area contributed by atoms with E-state index >= 15 is 0 Å². The predicted molar refractivity (Wildman–Crippen MR) is 93.2 cm³/mol. The number of rotatable bonds is 4. The Morgan fingerprint density at radius 2 is 1.95 bits per heavy atom. The molecule has 3 N–H and O–H groups in total. The molecule has 0 bridgehead atoms. The summed E-state index contributed by atoms with van der Waals surface area (Å²) in [5.74, 6) is 0.830. The van der Waals surface area contributed by atoms with E-state index in [1.54, 1.807) is 6.20 Å². The Morgan fingerprint density at radius 1 is 1.32 bits per heavy atom. The van der Waals surface area contributed by atoms with E-state index in [2.05, 4.69) is 15.2 Å². The molecular formula is C14H24Cl2N4O2. The van der Waals surface area contributed by atoms with Crippen LogP contribution >= 0.6 is 24.8 Å². The third kappa shape index (κ3) is 5.61. The monoisotopic (exact) mass is 350 g/mol. The molecule has 1 aromatic heterocycles. The van der Waals surface area contributed by atoms with Gasteiger partial charge in [-0.25, -0.2) is 4.98 Å². The van der Waals surface area contributed by atoms with Gasteiger partial charge in [0.25, 0.3) is 0 Å². The summed E-state index contributed by atoms with van der Waals surface area (Å²) in [6, 6.07) is 3.25. The lowest BCUT2D eigenvalue weighted by molar-refractivity contribution is -0.118. The molecule has 0 radical (unpaired) electrons. The predicted octanol–water partition coefficient (Wildman–Crippen LogP) is 1.68. The summed E-state index contributed by atoms with van der Waals surface area (Å²) >= 11 is 0. The Hall–Kier alpha value is -1.08. The van der Waals surface area contributed by atoms with Crippen molar-refractivity contribution in [2.75, 3.05) is 36.5 Å². The third-order valence-corrected chi connectivity index (χ3v) is 3.37. The van der Waals surface area contributed by atoms with E-state index in [0.29, 0.717) is 5.69 Å². The van der Waals surface area contributed by atoms with Gasteiger partial charge in [0.05, 0.1) is 31.1 Å². The van der Waals surface area contributed by atoms with Crippen molar-refractivity contribution >= 4 is 42.2 Å². The first kappa shape index (κ1) is 20.9. The zero-order chi connectivity index (χ0) is 14.5. The highest BCUT2D eigenvalue weighted by molar-refractivity contribution is 5.94. The van der Waals surface area contributed by atoms with Crippen molar-refractivity contribution in [3.05, 3.63) is 18.3 Å². The number of carbonyl (C=O) groups is 1. The quantitative estimate of drug-likeness (QED) is 0.863. The number of morpholine rings is 1. The van der Waals surface area contributed by atoms with Gasteiger partial charge in [-0.3, -0.25) is 4.79 Å². The van der Waals surface area contributed by atoms with Gasteiger partial charge in [-0.2, -0.15) is 0 Å². The van der Waals surface area contributed by atoms with Crippen molar-refractivity contribution < 1.29 is 9.53 Å². The summed E-state index contributed by atoms with van der Waals surface area (Å²) in [6.45, 7) is 6.98. The van der Waals surface area contributed by atoms with Crippen LogP contribution in [0.3, 0.4) is 0 Å². The van der Waals surface area contributed by atoms with Gasteiger partial charge in [0.2, 0.25) is 5.91 Å². The molecule has 1 fully saturated rings. The van der Waals surface area contributed by atoms with Crippen molar-refractivity contribution in [2.45, 2.75) is 19.9 Å². The van der Waals surface area contributed by atoms with E-state index < -0.39 is 6.04 Å². The Labute approximate surface area is 143 Å². The Bertz CT molecular complexity index is 451. The molecule has 6 nitrogen and oxygen atoms in total.